The van der Waals surface area contributed by atoms with E-state index in [-0.39, 0.29) is 0 Å². The zero-order valence-corrected chi connectivity index (χ0v) is 13.0. The third-order valence-electron chi connectivity index (χ3n) is 4.11. The zero-order valence-electron chi connectivity index (χ0n) is 12.0. The molecule has 0 bridgehead atoms. The number of nitrogens with zero attached hydrogens (tertiary/aromatic N) is 2. The molecule has 0 saturated carbocycles. The minimum atomic E-state index is -1.58. The summed E-state index contributed by atoms with van der Waals surface area (Å²) in [5.74, 6) is 0.948. The second-order valence-electron chi connectivity index (χ2n) is 4.80. The SMILES string of the molecule is CC[Si](CC)(CC)N(c1ccccc1)c1cocn1. The number of rotatable bonds is 6. The van der Waals surface area contributed by atoms with Crippen molar-refractivity contribution in [1.82, 2.24) is 4.98 Å². The fourth-order valence-electron chi connectivity index (χ4n) is 2.77. The highest BCUT2D eigenvalue weighted by Crippen LogP contribution is 2.36. The van der Waals surface area contributed by atoms with Crippen LogP contribution in [0.5, 0.6) is 0 Å². The molecule has 0 fully saturated rings. The first-order valence-electron chi connectivity index (χ1n) is 7.01. The average Bonchev–Trinajstić information content (AvgIpc) is 2.99. The van der Waals surface area contributed by atoms with E-state index < -0.39 is 8.24 Å². The molecule has 0 saturated heterocycles. The van der Waals surface area contributed by atoms with Gasteiger partial charge in [-0.1, -0.05) is 39.0 Å². The Morgan fingerprint density at radius 1 is 1.05 bits per heavy atom. The number of oxazole rings is 1. The van der Waals surface area contributed by atoms with Crippen molar-refractivity contribution >= 4 is 19.7 Å². The van der Waals surface area contributed by atoms with Gasteiger partial charge in [0.15, 0.2) is 20.4 Å². The number of hydrogen-bond acceptors (Lipinski definition) is 3. The molecule has 1 aromatic carbocycles. The lowest BCUT2D eigenvalue weighted by atomic mass is 10.3. The van der Waals surface area contributed by atoms with Crippen LogP contribution < -0.4 is 4.57 Å². The summed E-state index contributed by atoms with van der Waals surface area (Å²) in [4.78, 5) is 4.40. The van der Waals surface area contributed by atoms with Gasteiger partial charge in [-0.05, 0) is 30.3 Å². The fourth-order valence-corrected chi connectivity index (χ4v) is 6.51. The minimum Gasteiger partial charge on any atom is -0.449 e. The van der Waals surface area contributed by atoms with E-state index in [4.69, 9.17) is 4.42 Å². The zero-order chi connectivity index (χ0) is 13.7. The Kier molecular flexibility index (Phi) is 4.42. The van der Waals surface area contributed by atoms with Gasteiger partial charge in [0.2, 0.25) is 0 Å². The van der Waals surface area contributed by atoms with Crippen LogP contribution in [-0.2, 0) is 0 Å². The first kappa shape index (κ1) is 13.9. The van der Waals surface area contributed by atoms with Gasteiger partial charge in [0.05, 0.1) is 0 Å². The third kappa shape index (κ3) is 2.58. The van der Waals surface area contributed by atoms with Crippen LogP contribution in [0.25, 0.3) is 0 Å². The van der Waals surface area contributed by atoms with Crippen LogP contribution in [0.2, 0.25) is 18.1 Å². The van der Waals surface area contributed by atoms with Gasteiger partial charge in [-0.25, -0.2) is 0 Å². The van der Waals surface area contributed by atoms with E-state index in [2.05, 4.69) is 60.7 Å². The van der Waals surface area contributed by atoms with Gasteiger partial charge in [-0.3, -0.25) is 0 Å². The van der Waals surface area contributed by atoms with Crippen molar-refractivity contribution in [2.45, 2.75) is 38.9 Å². The molecule has 2 rings (SSSR count). The van der Waals surface area contributed by atoms with Crippen LogP contribution >= 0.6 is 0 Å². The van der Waals surface area contributed by atoms with E-state index in [0.29, 0.717) is 0 Å². The Morgan fingerprint density at radius 2 is 1.68 bits per heavy atom. The Bertz CT molecular complexity index is 472. The maximum absolute atomic E-state index is 5.22. The van der Waals surface area contributed by atoms with Crippen molar-refractivity contribution in [3.05, 3.63) is 43.0 Å². The van der Waals surface area contributed by atoms with Crippen molar-refractivity contribution < 1.29 is 4.42 Å². The highest BCUT2D eigenvalue weighted by Gasteiger charge is 2.37. The van der Waals surface area contributed by atoms with E-state index in [1.54, 1.807) is 6.26 Å². The topological polar surface area (TPSA) is 29.3 Å². The van der Waals surface area contributed by atoms with E-state index in [9.17, 15) is 0 Å². The molecule has 1 aromatic heterocycles. The van der Waals surface area contributed by atoms with Gasteiger partial charge >= 0.3 is 0 Å². The molecule has 0 spiro atoms. The quantitative estimate of drug-likeness (QED) is 0.707. The van der Waals surface area contributed by atoms with Crippen LogP contribution in [0.3, 0.4) is 0 Å². The van der Waals surface area contributed by atoms with E-state index in [1.807, 2.05) is 0 Å². The van der Waals surface area contributed by atoms with Gasteiger partial charge in [-0.15, -0.1) is 0 Å². The summed E-state index contributed by atoms with van der Waals surface area (Å²) in [5.41, 5.74) is 1.23. The maximum atomic E-state index is 5.22. The molecular weight excluding hydrogens is 252 g/mol. The molecule has 0 amide bonds. The number of anilines is 2. The molecule has 102 valence electrons. The summed E-state index contributed by atoms with van der Waals surface area (Å²) in [6.07, 6.45) is 3.28. The molecular formula is C15H22N2OSi. The molecule has 0 radical (unpaired) electrons. The van der Waals surface area contributed by atoms with E-state index in [0.717, 1.165) is 5.82 Å². The Morgan fingerprint density at radius 3 is 2.16 bits per heavy atom. The first-order valence-corrected chi connectivity index (χ1v) is 9.57. The largest absolute Gasteiger partial charge is 0.449 e. The smallest absolute Gasteiger partial charge is 0.182 e. The van der Waals surface area contributed by atoms with Crippen molar-refractivity contribution in [2.75, 3.05) is 4.57 Å². The lowest BCUT2D eigenvalue weighted by Crippen LogP contribution is -2.49. The number of aromatic nitrogens is 1. The molecule has 0 atom stereocenters. The molecule has 1 heterocycles. The normalized spacial score (nSPS) is 11.5. The fraction of sp³-hybridized carbons (Fsp3) is 0.400. The summed E-state index contributed by atoms with van der Waals surface area (Å²) in [7, 11) is -1.58. The van der Waals surface area contributed by atoms with Crippen molar-refractivity contribution in [2.24, 2.45) is 0 Å². The number of hydrogen-bond donors (Lipinski definition) is 0. The summed E-state index contributed by atoms with van der Waals surface area (Å²) < 4.78 is 7.67. The second-order valence-corrected chi connectivity index (χ2v) is 9.82. The molecule has 0 aliphatic heterocycles. The van der Waals surface area contributed by atoms with Crippen LogP contribution in [0.1, 0.15) is 20.8 Å². The van der Waals surface area contributed by atoms with Gasteiger partial charge in [0.1, 0.15) is 6.26 Å². The van der Waals surface area contributed by atoms with Crippen LogP contribution in [0, 0.1) is 0 Å². The molecule has 0 aliphatic carbocycles. The van der Waals surface area contributed by atoms with Gasteiger partial charge in [0, 0.05) is 5.69 Å². The summed E-state index contributed by atoms with van der Waals surface area (Å²) in [6, 6.07) is 14.2. The molecule has 4 heteroatoms. The molecule has 0 N–H and O–H groups in total. The summed E-state index contributed by atoms with van der Waals surface area (Å²) >= 11 is 0. The van der Waals surface area contributed by atoms with Crippen LogP contribution in [0.4, 0.5) is 11.5 Å². The van der Waals surface area contributed by atoms with Crippen LogP contribution in [0.15, 0.2) is 47.4 Å². The number of para-hydroxylation sites is 1. The van der Waals surface area contributed by atoms with Gasteiger partial charge in [-0.2, -0.15) is 4.98 Å². The first-order chi connectivity index (χ1) is 9.27. The maximum Gasteiger partial charge on any atom is 0.182 e. The van der Waals surface area contributed by atoms with E-state index in [1.165, 1.54) is 30.2 Å². The summed E-state index contributed by atoms with van der Waals surface area (Å²) in [6.45, 7) is 6.90. The molecule has 3 nitrogen and oxygen atoms in total. The molecule has 0 unspecified atom stereocenters. The molecule has 0 aliphatic rings. The molecule has 19 heavy (non-hydrogen) atoms. The summed E-state index contributed by atoms with van der Waals surface area (Å²) in [5, 5.41) is 0. The van der Waals surface area contributed by atoms with Gasteiger partial charge < -0.3 is 8.98 Å². The monoisotopic (exact) mass is 274 g/mol. The van der Waals surface area contributed by atoms with Crippen LogP contribution in [-0.4, -0.2) is 13.2 Å². The van der Waals surface area contributed by atoms with Crippen molar-refractivity contribution in [3.8, 4) is 0 Å². The Hall–Kier alpha value is -1.55. The lowest BCUT2D eigenvalue weighted by molar-refractivity contribution is 0.558. The highest BCUT2D eigenvalue weighted by atomic mass is 28.3. The minimum absolute atomic E-state index is 0.948. The Labute approximate surface area is 116 Å². The van der Waals surface area contributed by atoms with Crippen molar-refractivity contribution in [3.63, 3.8) is 0 Å². The third-order valence-corrected chi connectivity index (χ3v) is 9.50. The second kappa shape index (κ2) is 6.06. The van der Waals surface area contributed by atoms with Crippen molar-refractivity contribution in [1.29, 1.82) is 0 Å². The van der Waals surface area contributed by atoms with Gasteiger partial charge in [0.25, 0.3) is 0 Å². The number of benzene rings is 1. The average molecular weight is 274 g/mol. The molecule has 2 aromatic rings. The van der Waals surface area contributed by atoms with E-state index >= 15 is 0 Å². The predicted molar refractivity (Wildman–Crippen MR) is 82.3 cm³/mol. The lowest BCUT2D eigenvalue weighted by Gasteiger charge is -2.41. The standard InChI is InChI=1S/C15H22N2OSi/c1-4-19(5-2,6-3)17(15-12-18-13-16-15)14-10-8-7-9-11-14/h7-13H,4-6H2,1-3H3. The highest BCUT2D eigenvalue weighted by molar-refractivity contribution is 6.84. The predicted octanol–water partition coefficient (Wildman–Crippen LogP) is 4.82. The Balaban J connectivity index is 2.52.